The molecule has 1 N–H and O–H groups in total. The number of aryl methyl sites for hydroxylation is 2. The van der Waals surface area contributed by atoms with Gasteiger partial charge in [0.2, 0.25) is 16.4 Å². The second-order valence-electron chi connectivity index (χ2n) is 10.5. The lowest BCUT2D eigenvalue weighted by Gasteiger charge is -2.34. The van der Waals surface area contributed by atoms with Gasteiger partial charge in [-0.1, -0.05) is 18.2 Å². The number of hydrogen-bond donors (Lipinski definition) is 1. The normalized spacial score (nSPS) is 24.7. The van der Waals surface area contributed by atoms with E-state index in [4.69, 9.17) is 4.99 Å². The van der Waals surface area contributed by atoms with Gasteiger partial charge in [-0.2, -0.15) is 0 Å². The van der Waals surface area contributed by atoms with Crippen molar-refractivity contribution in [3.05, 3.63) is 34.9 Å². The predicted molar refractivity (Wildman–Crippen MR) is 134 cm³/mol. The number of carbonyl (C=O) groups is 2. The van der Waals surface area contributed by atoms with E-state index in [2.05, 4.69) is 5.32 Å². The number of amides is 1. The van der Waals surface area contributed by atoms with Crippen molar-refractivity contribution in [2.24, 2.45) is 16.8 Å². The number of sulfonamides is 1. The molecule has 1 amide bonds. The molecule has 36 heavy (non-hydrogen) atoms. The number of piperidine rings is 1. The first-order valence-corrected chi connectivity index (χ1v) is 14.3. The van der Waals surface area contributed by atoms with Gasteiger partial charge in [0.15, 0.2) is 0 Å². The number of nitrogens with zero attached hydrogens (tertiary/aromatic N) is 2. The third kappa shape index (κ3) is 5.85. The molecule has 1 saturated carbocycles. The van der Waals surface area contributed by atoms with E-state index >= 15 is 0 Å². The van der Waals surface area contributed by atoms with Crippen molar-refractivity contribution in [1.29, 1.82) is 0 Å². The van der Waals surface area contributed by atoms with E-state index in [0.717, 1.165) is 16.7 Å². The molecule has 2 heterocycles. The number of alkyl halides is 2. The molecular formula is C26H35F2N3O4S. The molecule has 2 aliphatic heterocycles. The van der Waals surface area contributed by atoms with Crippen molar-refractivity contribution in [1.82, 2.24) is 9.62 Å². The molecule has 3 aliphatic rings. The number of ketones is 1. The van der Waals surface area contributed by atoms with Crippen LogP contribution in [0.1, 0.15) is 62.1 Å². The minimum absolute atomic E-state index is 0.0184. The summed E-state index contributed by atoms with van der Waals surface area (Å²) in [5.74, 6) is -0.154. The van der Waals surface area contributed by atoms with E-state index in [1.165, 1.54) is 4.31 Å². The fourth-order valence-corrected chi connectivity index (χ4v) is 7.13. The first kappa shape index (κ1) is 26.9. The summed E-state index contributed by atoms with van der Waals surface area (Å²) in [5, 5.41) is 2.89. The topological polar surface area (TPSA) is 95.9 Å². The Hall–Kier alpha value is -2.20. The van der Waals surface area contributed by atoms with Crippen molar-refractivity contribution in [2.45, 2.75) is 77.2 Å². The number of carbonyl (C=O) groups excluding carboxylic acids is 2. The Morgan fingerprint density at radius 2 is 1.86 bits per heavy atom. The SMILES string of the molecule is CC(=O)Cc1ccc(CCS(=O)(=O)N2CCC3(CC2)N=C(C2CCC(C(F)F)CC2)NC3=O)c(C)c1. The minimum Gasteiger partial charge on any atom is -0.312 e. The number of hydrogen-bond acceptors (Lipinski definition) is 5. The molecule has 2 fully saturated rings. The average molecular weight is 524 g/mol. The zero-order valence-electron chi connectivity index (χ0n) is 20.9. The standard InChI is InChI=1S/C26H35F2N3O4S/c1-17-15-19(16-18(2)32)3-4-20(17)9-14-36(34,35)31-12-10-26(11-13-31)25(33)29-24(30-26)22-7-5-21(6-8-22)23(27)28/h3-4,15,21-23H,5-14,16H2,1-2H3,(H,29,30,33). The Labute approximate surface area is 211 Å². The van der Waals surface area contributed by atoms with E-state index in [1.54, 1.807) is 6.92 Å². The fraction of sp³-hybridized carbons (Fsp3) is 0.654. The van der Waals surface area contributed by atoms with Crippen LogP contribution in [0.3, 0.4) is 0 Å². The molecule has 10 heteroatoms. The van der Waals surface area contributed by atoms with E-state index < -0.39 is 27.9 Å². The molecule has 4 rings (SSSR count). The molecule has 0 radical (unpaired) electrons. The third-order valence-corrected chi connectivity index (χ3v) is 9.82. The second kappa shape index (κ2) is 10.7. The third-order valence-electron chi connectivity index (χ3n) is 7.95. The Kier molecular flexibility index (Phi) is 7.95. The number of aliphatic imine (C=N–C) groups is 1. The molecule has 1 spiro atoms. The molecule has 7 nitrogen and oxygen atoms in total. The van der Waals surface area contributed by atoms with E-state index in [9.17, 15) is 26.8 Å². The molecular weight excluding hydrogens is 488 g/mol. The van der Waals surface area contributed by atoms with Gasteiger partial charge in [-0.25, -0.2) is 21.5 Å². The number of rotatable bonds is 8. The summed E-state index contributed by atoms with van der Waals surface area (Å²) in [4.78, 5) is 28.9. The van der Waals surface area contributed by atoms with Crippen LogP contribution in [0.2, 0.25) is 0 Å². The molecule has 0 atom stereocenters. The summed E-state index contributed by atoms with van der Waals surface area (Å²) in [7, 11) is -3.51. The molecule has 1 saturated heterocycles. The van der Waals surface area contributed by atoms with Gasteiger partial charge in [-0.3, -0.25) is 14.6 Å². The van der Waals surface area contributed by atoms with Gasteiger partial charge in [0.05, 0.1) is 5.75 Å². The molecule has 0 unspecified atom stereocenters. The van der Waals surface area contributed by atoms with E-state index in [-0.39, 0.29) is 36.5 Å². The first-order chi connectivity index (χ1) is 17.0. The highest BCUT2D eigenvalue weighted by Gasteiger charge is 2.48. The Balaban J connectivity index is 1.34. The molecule has 1 aromatic rings. The van der Waals surface area contributed by atoms with Crippen molar-refractivity contribution >= 4 is 27.5 Å². The van der Waals surface area contributed by atoms with Gasteiger partial charge in [-0.15, -0.1) is 0 Å². The van der Waals surface area contributed by atoms with Crippen LogP contribution in [-0.2, 0) is 32.5 Å². The molecule has 0 bridgehead atoms. The number of nitrogens with one attached hydrogen (secondary N) is 1. The van der Waals surface area contributed by atoms with Crippen LogP contribution in [0.5, 0.6) is 0 Å². The van der Waals surface area contributed by atoms with Gasteiger partial charge >= 0.3 is 0 Å². The lowest BCUT2D eigenvalue weighted by Crippen LogP contribution is -2.51. The predicted octanol–water partition coefficient (Wildman–Crippen LogP) is 3.43. The monoisotopic (exact) mass is 523 g/mol. The first-order valence-electron chi connectivity index (χ1n) is 12.7. The van der Waals surface area contributed by atoms with Crippen LogP contribution in [-0.4, -0.2) is 61.1 Å². The van der Waals surface area contributed by atoms with Crippen LogP contribution in [0.4, 0.5) is 8.78 Å². The van der Waals surface area contributed by atoms with Crippen LogP contribution in [0, 0.1) is 18.8 Å². The number of Topliss-reactive ketones (excluding diaryl/α,β-unsaturated/α-hetero) is 1. The quantitative estimate of drug-likeness (QED) is 0.565. The summed E-state index contributed by atoms with van der Waals surface area (Å²) in [6.07, 6.45) is 1.08. The maximum atomic E-state index is 13.0. The lowest BCUT2D eigenvalue weighted by atomic mass is 9.81. The molecule has 1 aliphatic carbocycles. The van der Waals surface area contributed by atoms with Gasteiger partial charge in [-0.05, 0) is 75.5 Å². The lowest BCUT2D eigenvalue weighted by molar-refractivity contribution is -0.125. The average Bonchev–Trinajstić information content (AvgIpc) is 3.14. The van der Waals surface area contributed by atoms with Gasteiger partial charge in [0, 0.05) is 31.3 Å². The summed E-state index contributed by atoms with van der Waals surface area (Å²) in [6, 6.07) is 5.69. The fourth-order valence-electron chi connectivity index (χ4n) is 5.66. The van der Waals surface area contributed by atoms with Crippen LogP contribution >= 0.6 is 0 Å². The Bertz CT molecular complexity index is 1140. The minimum atomic E-state index is -3.51. The van der Waals surface area contributed by atoms with Gasteiger partial charge < -0.3 is 5.32 Å². The zero-order chi connectivity index (χ0) is 26.1. The number of amidine groups is 1. The Morgan fingerprint density at radius 1 is 1.19 bits per heavy atom. The smallest absolute Gasteiger partial charge is 0.253 e. The highest BCUT2D eigenvalue weighted by atomic mass is 32.2. The van der Waals surface area contributed by atoms with Crippen LogP contribution in [0.25, 0.3) is 0 Å². The number of benzene rings is 1. The zero-order valence-corrected chi connectivity index (χ0v) is 21.8. The molecule has 198 valence electrons. The second-order valence-corrected chi connectivity index (χ2v) is 12.6. The van der Waals surface area contributed by atoms with Crippen molar-refractivity contribution < 1.29 is 26.8 Å². The number of halogens is 2. The van der Waals surface area contributed by atoms with E-state index in [0.29, 0.717) is 57.2 Å². The van der Waals surface area contributed by atoms with Gasteiger partial charge in [0.25, 0.3) is 5.91 Å². The van der Waals surface area contributed by atoms with Crippen molar-refractivity contribution in [3.63, 3.8) is 0 Å². The maximum Gasteiger partial charge on any atom is 0.253 e. The summed E-state index contributed by atoms with van der Waals surface area (Å²) in [5.41, 5.74) is 1.87. The van der Waals surface area contributed by atoms with Crippen LogP contribution in [0.15, 0.2) is 23.2 Å². The van der Waals surface area contributed by atoms with Gasteiger partial charge in [0.1, 0.15) is 17.2 Å². The largest absolute Gasteiger partial charge is 0.312 e. The maximum absolute atomic E-state index is 13.0. The van der Waals surface area contributed by atoms with Crippen molar-refractivity contribution in [2.75, 3.05) is 18.8 Å². The summed E-state index contributed by atoms with van der Waals surface area (Å²) >= 11 is 0. The Morgan fingerprint density at radius 3 is 2.44 bits per heavy atom. The van der Waals surface area contributed by atoms with Crippen molar-refractivity contribution in [3.8, 4) is 0 Å². The summed E-state index contributed by atoms with van der Waals surface area (Å²) in [6.45, 7) is 3.91. The molecule has 0 aromatic heterocycles. The van der Waals surface area contributed by atoms with Crippen LogP contribution < -0.4 is 5.32 Å². The van der Waals surface area contributed by atoms with E-state index in [1.807, 2.05) is 25.1 Å². The highest BCUT2D eigenvalue weighted by Crippen LogP contribution is 2.37. The summed E-state index contributed by atoms with van der Waals surface area (Å²) < 4.78 is 53.5. The molecule has 1 aromatic carbocycles. The highest BCUT2D eigenvalue weighted by molar-refractivity contribution is 7.89.